The van der Waals surface area contributed by atoms with Crippen molar-refractivity contribution in [2.45, 2.75) is 12.5 Å². The van der Waals surface area contributed by atoms with Crippen LogP contribution in [0, 0.1) is 0 Å². The Bertz CT molecular complexity index is 474. The van der Waals surface area contributed by atoms with Gasteiger partial charge in [-0.05, 0) is 38.7 Å². The van der Waals surface area contributed by atoms with Crippen LogP contribution in [0.25, 0.3) is 0 Å². The molecule has 0 radical (unpaired) electrons. The molecular formula is C14H20N2O3. The van der Waals surface area contributed by atoms with Gasteiger partial charge in [-0.2, -0.15) is 0 Å². The molecule has 5 heteroatoms. The molecule has 0 bridgehead atoms. The van der Waals surface area contributed by atoms with E-state index in [0.29, 0.717) is 23.9 Å². The number of hydrogen-bond donors (Lipinski definition) is 1. The third-order valence-electron chi connectivity index (χ3n) is 3.62. The lowest BCUT2D eigenvalue weighted by Crippen LogP contribution is -2.34. The van der Waals surface area contributed by atoms with E-state index in [9.17, 15) is 9.90 Å². The highest BCUT2D eigenvalue weighted by Gasteiger charge is 2.29. The number of carbonyl (C=O) groups is 1. The summed E-state index contributed by atoms with van der Waals surface area (Å²) in [6.45, 7) is 1.42. The standard InChI is InChI=1S/C14H20N2O3/c1-15(2)10-6-7-16(9-10)14(18)12-8-11(19-3)4-5-13(12)17/h4-5,8,10,17H,6-7,9H2,1-3H3. The van der Waals surface area contributed by atoms with Gasteiger partial charge in [0.25, 0.3) is 5.91 Å². The van der Waals surface area contributed by atoms with Crippen molar-refractivity contribution in [3.63, 3.8) is 0 Å². The Kier molecular flexibility index (Phi) is 3.95. The zero-order chi connectivity index (χ0) is 14.0. The van der Waals surface area contributed by atoms with Crippen molar-refractivity contribution in [1.29, 1.82) is 0 Å². The number of likely N-dealkylation sites (N-methyl/N-ethyl adjacent to an activating group) is 1. The maximum Gasteiger partial charge on any atom is 0.257 e. The topological polar surface area (TPSA) is 53.0 Å². The van der Waals surface area contributed by atoms with Gasteiger partial charge in [0.05, 0.1) is 12.7 Å². The zero-order valence-corrected chi connectivity index (χ0v) is 11.6. The van der Waals surface area contributed by atoms with Gasteiger partial charge in [0, 0.05) is 19.1 Å². The normalized spacial score (nSPS) is 18.9. The summed E-state index contributed by atoms with van der Waals surface area (Å²) in [5.41, 5.74) is 0.304. The largest absolute Gasteiger partial charge is 0.507 e. The molecule has 2 rings (SSSR count). The minimum absolute atomic E-state index is 0.000830. The molecule has 1 amide bonds. The maximum atomic E-state index is 12.4. The Morgan fingerprint density at radius 2 is 2.21 bits per heavy atom. The molecule has 1 aliphatic heterocycles. The van der Waals surface area contributed by atoms with E-state index in [0.717, 1.165) is 13.0 Å². The number of methoxy groups -OCH3 is 1. The number of carbonyl (C=O) groups excluding carboxylic acids is 1. The first-order valence-corrected chi connectivity index (χ1v) is 6.35. The predicted molar refractivity (Wildman–Crippen MR) is 72.7 cm³/mol. The molecule has 1 atom stereocenters. The Balaban J connectivity index is 2.16. The van der Waals surface area contributed by atoms with Crippen LogP contribution in [0.4, 0.5) is 0 Å². The number of hydrogen-bond acceptors (Lipinski definition) is 4. The molecule has 104 valence electrons. The van der Waals surface area contributed by atoms with Crippen LogP contribution in [0.1, 0.15) is 16.8 Å². The minimum Gasteiger partial charge on any atom is -0.507 e. The van der Waals surface area contributed by atoms with Gasteiger partial charge in [0.15, 0.2) is 0 Å². The van der Waals surface area contributed by atoms with E-state index >= 15 is 0 Å². The first-order valence-electron chi connectivity index (χ1n) is 6.35. The molecular weight excluding hydrogens is 244 g/mol. The van der Waals surface area contributed by atoms with E-state index < -0.39 is 0 Å². The summed E-state index contributed by atoms with van der Waals surface area (Å²) in [5.74, 6) is 0.435. The van der Waals surface area contributed by atoms with E-state index in [2.05, 4.69) is 4.90 Å². The first-order chi connectivity index (χ1) is 9.02. The van der Waals surface area contributed by atoms with Crippen molar-refractivity contribution in [2.24, 2.45) is 0 Å². The van der Waals surface area contributed by atoms with Crippen molar-refractivity contribution >= 4 is 5.91 Å². The summed E-state index contributed by atoms with van der Waals surface area (Å²) < 4.78 is 5.09. The highest BCUT2D eigenvalue weighted by atomic mass is 16.5. The molecule has 0 saturated carbocycles. The minimum atomic E-state index is -0.138. The Labute approximate surface area is 113 Å². The fourth-order valence-electron chi connectivity index (χ4n) is 2.33. The lowest BCUT2D eigenvalue weighted by molar-refractivity contribution is 0.0779. The zero-order valence-electron chi connectivity index (χ0n) is 11.6. The van der Waals surface area contributed by atoms with Gasteiger partial charge in [-0.25, -0.2) is 0 Å². The van der Waals surface area contributed by atoms with Crippen molar-refractivity contribution in [3.05, 3.63) is 23.8 Å². The molecule has 19 heavy (non-hydrogen) atoms. The molecule has 1 saturated heterocycles. The van der Waals surface area contributed by atoms with Gasteiger partial charge >= 0.3 is 0 Å². The first kappa shape index (κ1) is 13.7. The quantitative estimate of drug-likeness (QED) is 0.890. The number of likely N-dealkylation sites (tertiary alicyclic amines) is 1. The monoisotopic (exact) mass is 264 g/mol. The van der Waals surface area contributed by atoms with Crippen LogP contribution < -0.4 is 4.74 Å². The second-order valence-electron chi connectivity index (χ2n) is 5.04. The second kappa shape index (κ2) is 5.48. The summed E-state index contributed by atoms with van der Waals surface area (Å²) in [5, 5.41) is 9.82. The van der Waals surface area contributed by atoms with E-state index in [-0.39, 0.29) is 11.7 Å². The van der Waals surface area contributed by atoms with Crippen LogP contribution in [0.2, 0.25) is 0 Å². The fraction of sp³-hybridized carbons (Fsp3) is 0.500. The average Bonchev–Trinajstić information content (AvgIpc) is 2.88. The fourth-order valence-corrected chi connectivity index (χ4v) is 2.33. The Hall–Kier alpha value is -1.75. The van der Waals surface area contributed by atoms with Gasteiger partial charge in [-0.3, -0.25) is 4.79 Å². The molecule has 1 unspecified atom stereocenters. The molecule has 1 aliphatic rings. The van der Waals surface area contributed by atoms with Gasteiger partial charge in [-0.15, -0.1) is 0 Å². The molecule has 0 aliphatic carbocycles. The van der Waals surface area contributed by atoms with Crippen molar-refractivity contribution < 1.29 is 14.6 Å². The number of rotatable bonds is 3. The number of amides is 1. The highest BCUT2D eigenvalue weighted by molar-refractivity contribution is 5.97. The Morgan fingerprint density at radius 1 is 1.47 bits per heavy atom. The van der Waals surface area contributed by atoms with Crippen molar-refractivity contribution in [2.75, 3.05) is 34.3 Å². The van der Waals surface area contributed by atoms with Crippen molar-refractivity contribution in [3.8, 4) is 11.5 Å². The highest BCUT2D eigenvalue weighted by Crippen LogP contribution is 2.26. The smallest absolute Gasteiger partial charge is 0.257 e. The van der Waals surface area contributed by atoms with Gasteiger partial charge in [0.2, 0.25) is 0 Å². The second-order valence-corrected chi connectivity index (χ2v) is 5.04. The van der Waals surface area contributed by atoms with Crippen LogP contribution in [-0.2, 0) is 0 Å². The molecule has 1 fully saturated rings. The van der Waals surface area contributed by atoms with Crippen LogP contribution in [0.3, 0.4) is 0 Å². The number of ether oxygens (including phenoxy) is 1. The lowest BCUT2D eigenvalue weighted by atomic mass is 10.1. The third kappa shape index (κ3) is 2.81. The van der Waals surface area contributed by atoms with E-state index in [4.69, 9.17) is 4.74 Å². The van der Waals surface area contributed by atoms with Crippen LogP contribution in [0.5, 0.6) is 11.5 Å². The number of phenols is 1. The molecule has 1 N–H and O–H groups in total. The van der Waals surface area contributed by atoms with Gasteiger partial charge in [0.1, 0.15) is 11.5 Å². The van der Waals surface area contributed by atoms with E-state index in [1.807, 2.05) is 14.1 Å². The third-order valence-corrected chi connectivity index (χ3v) is 3.62. The molecule has 1 aromatic rings. The summed E-state index contributed by atoms with van der Waals surface area (Å²) in [7, 11) is 5.57. The molecule has 0 aromatic heterocycles. The number of aromatic hydroxyl groups is 1. The molecule has 0 spiro atoms. The van der Waals surface area contributed by atoms with E-state index in [1.54, 1.807) is 24.1 Å². The van der Waals surface area contributed by atoms with E-state index in [1.165, 1.54) is 6.07 Å². The van der Waals surface area contributed by atoms with Crippen LogP contribution in [0.15, 0.2) is 18.2 Å². The molecule has 1 heterocycles. The number of phenolic OH excluding ortho intramolecular Hbond substituents is 1. The van der Waals surface area contributed by atoms with Crippen molar-refractivity contribution in [1.82, 2.24) is 9.80 Å². The SMILES string of the molecule is COc1ccc(O)c(C(=O)N2CCC(N(C)C)C2)c1. The predicted octanol–water partition coefficient (Wildman–Crippen LogP) is 1.18. The van der Waals surface area contributed by atoms with Crippen LogP contribution >= 0.6 is 0 Å². The Morgan fingerprint density at radius 3 is 2.79 bits per heavy atom. The van der Waals surface area contributed by atoms with Gasteiger partial charge in [-0.1, -0.05) is 0 Å². The summed E-state index contributed by atoms with van der Waals surface area (Å²) in [4.78, 5) is 16.3. The van der Waals surface area contributed by atoms with Crippen LogP contribution in [-0.4, -0.2) is 61.2 Å². The lowest BCUT2D eigenvalue weighted by Gasteiger charge is -2.20. The number of nitrogens with zero attached hydrogens (tertiary/aromatic N) is 2. The van der Waals surface area contributed by atoms with Gasteiger partial charge < -0.3 is 19.6 Å². The summed E-state index contributed by atoms with van der Waals surface area (Å²) in [6.07, 6.45) is 0.962. The summed E-state index contributed by atoms with van der Waals surface area (Å²) >= 11 is 0. The molecule has 5 nitrogen and oxygen atoms in total. The maximum absolute atomic E-state index is 12.4. The summed E-state index contributed by atoms with van der Waals surface area (Å²) in [6, 6.07) is 5.10. The average molecular weight is 264 g/mol. The number of benzene rings is 1. The molecule has 1 aromatic carbocycles.